The van der Waals surface area contributed by atoms with E-state index in [1.165, 1.54) is 19.3 Å². The van der Waals surface area contributed by atoms with Crippen LogP contribution in [0, 0.1) is 7.14 Å². The summed E-state index contributed by atoms with van der Waals surface area (Å²) in [7, 11) is -3.64. The van der Waals surface area contributed by atoms with Crippen molar-refractivity contribution in [1.82, 2.24) is 0 Å². The maximum Gasteiger partial charge on any atom is 0.325 e. The Labute approximate surface area is 205 Å². The zero-order valence-corrected chi connectivity index (χ0v) is 22.0. The standard InChI is InChI=1S/C28H31IO3S/c1-2-3-4-5-6-11-22-33(30,31)32-29(27-20-12-16-23-14-7-9-18-25(23)27)28-21-13-17-24-15-8-10-19-26(24)28/h7-10,12-21H,2-6,11,22H2,1H3/q+1. The molecule has 0 N–H and O–H groups in total. The zero-order valence-electron chi connectivity index (χ0n) is 19.0. The predicted octanol–water partition coefficient (Wildman–Crippen LogP) is 4.28. The number of fused-ring (bicyclic) bond motifs is 2. The third-order valence-electron chi connectivity index (χ3n) is 5.75. The molecule has 0 spiro atoms. The average molecular weight is 575 g/mol. The molecular formula is C28H31IO3S+. The number of benzene rings is 4. The van der Waals surface area contributed by atoms with Crippen LogP contribution in [0.3, 0.4) is 0 Å². The van der Waals surface area contributed by atoms with Gasteiger partial charge in [0, 0.05) is 10.8 Å². The van der Waals surface area contributed by atoms with Crippen LogP contribution in [0.25, 0.3) is 21.5 Å². The average Bonchev–Trinajstić information content (AvgIpc) is 2.84. The lowest BCUT2D eigenvalue weighted by molar-refractivity contribution is -1.03. The Balaban J connectivity index is 1.70. The van der Waals surface area contributed by atoms with Crippen molar-refractivity contribution in [3.8, 4) is 0 Å². The van der Waals surface area contributed by atoms with E-state index in [9.17, 15) is 8.42 Å². The highest BCUT2D eigenvalue weighted by molar-refractivity contribution is 7.86. The highest BCUT2D eigenvalue weighted by atomic mass is 127. The van der Waals surface area contributed by atoms with Gasteiger partial charge in [-0.05, 0) is 44.0 Å². The van der Waals surface area contributed by atoms with Gasteiger partial charge in [-0.1, -0.05) is 99.7 Å². The van der Waals surface area contributed by atoms with Crippen molar-refractivity contribution >= 4 is 31.7 Å². The third kappa shape index (κ3) is 6.14. The van der Waals surface area contributed by atoms with E-state index in [1.54, 1.807) is 0 Å². The molecule has 0 saturated heterocycles. The number of hydrogen-bond donors (Lipinski definition) is 0. The molecule has 33 heavy (non-hydrogen) atoms. The van der Waals surface area contributed by atoms with Gasteiger partial charge in [0.1, 0.15) is 0 Å². The lowest BCUT2D eigenvalue weighted by atomic mass is 10.1. The normalized spacial score (nSPS) is 12.1. The Bertz CT molecular complexity index is 1230. The molecule has 0 amide bonds. The first-order valence-electron chi connectivity index (χ1n) is 11.7. The van der Waals surface area contributed by atoms with Crippen LogP contribution >= 0.6 is 0 Å². The second kappa shape index (κ2) is 11.4. The molecule has 0 aliphatic rings. The number of unbranched alkanes of at least 4 members (excludes halogenated alkanes) is 5. The summed E-state index contributed by atoms with van der Waals surface area (Å²) >= 11 is -2.77. The molecule has 5 heteroatoms. The van der Waals surface area contributed by atoms with Crippen molar-refractivity contribution in [2.75, 3.05) is 5.75 Å². The first kappa shape index (κ1) is 24.2. The second-order valence-corrected chi connectivity index (χ2v) is 14.7. The van der Waals surface area contributed by atoms with Crippen molar-refractivity contribution in [3.05, 3.63) is 92.1 Å². The molecule has 0 aliphatic carbocycles. The number of hydrogen-bond acceptors (Lipinski definition) is 3. The van der Waals surface area contributed by atoms with Gasteiger partial charge in [-0.3, -0.25) is 0 Å². The monoisotopic (exact) mass is 574 g/mol. The van der Waals surface area contributed by atoms with E-state index in [0.29, 0.717) is 6.42 Å². The van der Waals surface area contributed by atoms with Crippen LogP contribution in [0.5, 0.6) is 0 Å². The molecule has 4 rings (SSSR count). The van der Waals surface area contributed by atoms with Crippen molar-refractivity contribution < 1.29 is 31.2 Å². The minimum absolute atomic E-state index is 0.0859. The summed E-state index contributed by atoms with van der Waals surface area (Å²) in [4.78, 5) is 0. The SMILES string of the molecule is CCCCCCCCS(=O)(=O)O[I+](c1cccc2ccccc12)c1cccc2ccccc12. The van der Waals surface area contributed by atoms with Crippen LogP contribution in [0.15, 0.2) is 84.9 Å². The molecule has 0 bridgehead atoms. The third-order valence-corrected chi connectivity index (χ3v) is 13.6. The summed E-state index contributed by atoms with van der Waals surface area (Å²) in [6, 6.07) is 28.6. The Morgan fingerprint density at radius 2 is 1.12 bits per heavy atom. The highest BCUT2D eigenvalue weighted by Crippen LogP contribution is 2.15. The summed E-state index contributed by atoms with van der Waals surface area (Å²) in [6.45, 7) is 2.18. The van der Waals surface area contributed by atoms with Crippen molar-refractivity contribution in [2.45, 2.75) is 45.4 Å². The van der Waals surface area contributed by atoms with Gasteiger partial charge >= 0.3 is 30.4 Å². The molecule has 4 aromatic carbocycles. The Morgan fingerprint density at radius 1 is 0.636 bits per heavy atom. The van der Waals surface area contributed by atoms with E-state index in [2.05, 4.69) is 55.5 Å². The van der Waals surface area contributed by atoms with Crippen LogP contribution in [0.4, 0.5) is 0 Å². The lowest BCUT2D eigenvalue weighted by Crippen LogP contribution is -3.85. The quantitative estimate of drug-likeness (QED) is 0.199. The van der Waals surface area contributed by atoms with E-state index < -0.39 is 30.4 Å². The fourth-order valence-corrected chi connectivity index (χ4v) is 12.1. The van der Waals surface area contributed by atoms with Gasteiger partial charge in [0.15, 0.2) is 7.14 Å². The van der Waals surface area contributed by atoms with Crippen molar-refractivity contribution in [3.63, 3.8) is 0 Å². The van der Waals surface area contributed by atoms with E-state index >= 15 is 0 Å². The van der Waals surface area contributed by atoms with E-state index in [1.807, 2.05) is 36.4 Å². The summed E-state index contributed by atoms with van der Waals surface area (Å²) in [5, 5.41) is 4.37. The Morgan fingerprint density at radius 3 is 1.70 bits per heavy atom. The molecular weight excluding hydrogens is 543 g/mol. The smallest absolute Gasteiger partial charge is 0.196 e. The maximum absolute atomic E-state index is 13.2. The maximum atomic E-state index is 13.2. The van der Waals surface area contributed by atoms with Crippen LogP contribution in [0.1, 0.15) is 45.4 Å². The van der Waals surface area contributed by atoms with E-state index in [4.69, 9.17) is 2.51 Å². The fraction of sp³-hybridized carbons (Fsp3) is 0.286. The summed E-state index contributed by atoms with van der Waals surface area (Å²) < 4.78 is 34.6. The van der Waals surface area contributed by atoms with Gasteiger partial charge in [-0.25, -0.2) is 0 Å². The molecule has 173 valence electrons. The molecule has 3 nitrogen and oxygen atoms in total. The highest BCUT2D eigenvalue weighted by Gasteiger charge is 2.39. The van der Waals surface area contributed by atoms with Gasteiger partial charge in [-0.2, -0.15) is 8.42 Å². The fourth-order valence-electron chi connectivity index (χ4n) is 4.04. The van der Waals surface area contributed by atoms with Gasteiger partial charge in [-0.15, -0.1) is 0 Å². The first-order valence-corrected chi connectivity index (χ1v) is 16.3. The van der Waals surface area contributed by atoms with E-state index in [-0.39, 0.29) is 5.75 Å². The Kier molecular flexibility index (Phi) is 8.39. The van der Waals surface area contributed by atoms with Crippen LogP contribution in [-0.4, -0.2) is 14.2 Å². The molecule has 1 radical (unpaired) electrons. The molecule has 0 fully saturated rings. The number of halogens is 1. The first-order chi connectivity index (χ1) is 16.1. The van der Waals surface area contributed by atoms with Crippen molar-refractivity contribution in [2.24, 2.45) is 0 Å². The molecule has 0 aromatic heterocycles. The lowest BCUT2D eigenvalue weighted by Gasteiger charge is -2.10. The number of rotatable bonds is 11. The predicted molar refractivity (Wildman–Crippen MR) is 134 cm³/mol. The Hall–Kier alpha value is -1.96. The van der Waals surface area contributed by atoms with E-state index in [0.717, 1.165) is 41.5 Å². The van der Waals surface area contributed by atoms with Gasteiger partial charge in [0.05, 0.1) is 5.75 Å². The molecule has 0 unspecified atom stereocenters. The van der Waals surface area contributed by atoms with Crippen LogP contribution < -0.4 is 20.2 Å². The largest absolute Gasteiger partial charge is 0.325 e. The summed E-state index contributed by atoms with van der Waals surface area (Å²) in [5.41, 5.74) is 0. The molecule has 0 heterocycles. The minimum atomic E-state index is -3.64. The summed E-state index contributed by atoms with van der Waals surface area (Å²) in [6.07, 6.45) is 6.23. The van der Waals surface area contributed by atoms with Crippen LogP contribution in [-0.2, 0) is 12.6 Å². The minimum Gasteiger partial charge on any atom is -0.196 e. The van der Waals surface area contributed by atoms with Gasteiger partial charge < -0.3 is 0 Å². The molecule has 4 aromatic rings. The van der Waals surface area contributed by atoms with Gasteiger partial charge in [0.2, 0.25) is 0 Å². The second-order valence-electron chi connectivity index (χ2n) is 8.26. The zero-order chi connectivity index (χ0) is 23.1. The van der Waals surface area contributed by atoms with Crippen molar-refractivity contribution in [1.29, 1.82) is 0 Å². The molecule has 0 atom stereocenters. The van der Waals surface area contributed by atoms with Gasteiger partial charge in [0.25, 0.3) is 0 Å². The molecule has 0 saturated carbocycles. The molecule has 0 aliphatic heterocycles. The van der Waals surface area contributed by atoms with Crippen LogP contribution in [0.2, 0.25) is 0 Å². The topological polar surface area (TPSA) is 43.4 Å². The summed E-state index contributed by atoms with van der Waals surface area (Å²) in [5.74, 6) is 0.0859.